The molecule has 0 aliphatic heterocycles. The van der Waals surface area contributed by atoms with Crippen molar-refractivity contribution in [2.24, 2.45) is 0 Å². The lowest BCUT2D eigenvalue weighted by Crippen LogP contribution is -2.21. The normalized spacial score (nSPS) is 14.1. The van der Waals surface area contributed by atoms with Crippen LogP contribution in [0.3, 0.4) is 0 Å². The molecule has 0 atom stereocenters. The standard InChI is InChI=1S/C42H16N4O6/c47-35-17-5-1-3-7-19(17)37(49)27-15-31-29(13-25(27)35)43-39-21-9-11-24-34-22(10-12-23(33(21)34)41(51)45(31)39)40-44-30-14-26-28(16-32(30)46(40)42(24)52)38(50)20-8-4-2-6-18(20)36(26)48/h1-16H. The van der Waals surface area contributed by atoms with Gasteiger partial charge in [0, 0.05) is 76.8 Å². The van der Waals surface area contributed by atoms with Crippen LogP contribution in [0.5, 0.6) is 0 Å². The Morgan fingerprint density at radius 3 is 1.06 bits per heavy atom. The highest BCUT2D eigenvalue weighted by Crippen LogP contribution is 2.39. The van der Waals surface area contributed by atoms with Crippen LogP contribution in [0, 0.1) is 0 Å². The van der Waals surface area contributed by atoms with Gasteiger partial charge < -0.3 is 0 Å². The largest absolute Gasteiger partial charge is 0.289 e. The highest BCUT2D eigenvalue weighted by atomic mass is 16.2. The molecule has 240 valence electrons. The number of pyridine rings is 2. The number of carbonyl (C=O) groups excluding carboxylic acids is 4. The van der Waals surface area contributed by atoms with Crippen LogP contribution in [-0.4, -0.2) is 41.9 Å². The number of hydrogen-bond donors (Lipinski definition) is 0. The SMILES string of the molecule is O=C1c2ccccc2C(=O)c2cc3c(cc21)nc1c2ccc4c(=O)n5c6cc7c(cc6nc5c5ccc(c(=O)n31)c2c45)C(=O)c1ccccc1C7=O. The van der Waals surface area contributed by atoms with Gasteiger partial charge in [-0.05, 0) is 48.5 Å². The molecule has 0 bridgehead atoms. The summed E-state index contributed by atoms with van der Waals surface area (Å²) in [5.41, 5.74) is 3.58. The predicted molar refractivity (Wildman–Crippen MR) is 193 cm³/mol. The van der Waals surface area contributed by atoms with Gasteiger partial charge in [-0.25, -0.2) is 9.97 Å². The maximum absolute atomic E-state index is 14.4. The molecular formula is C42H16N4O6. The van der Waals surface area contributed by atoms with Gasteiger partial charge in [0.25, 0.3) is 11.1 Å². The molecule has 12 rings (SSSR count). The number of nitrogens with zero attached hydrogens (tertiary/aromatic N) is 4. The molecule has 0 N–H and O–H groups in total. The maximum Gasteiger partial charge on any atom is 0.264 e. The first kappa shape index (κ1) is 27.4. The van der Waals surface area contributed by atoms with Crippen LogP contribution < -0.4 is 11.1 Å². The molecule has 0 saturated carbocycles. The minimum absolute atomic E-state index is 0.209. The Kier molecular flexibility index (Phi) is 4.64. The molecule has 4 heterocycles. The van der Waals surface area contributed by atoms with Crippen molar-refractivity contribution in [1.29, 1.82) is 0 Å². The van der Waals surface area contributed by atoms with Crippen LogP contribution in [0.25, 0.3) is 65.7 Å². The number of ketones is 4. The molecule has 2 aliphatic carbocycles. The Bertz CT molecular complexity index is 3360. The number of hydrogen-bond acceptors (Lipinski definition) is 8. The fraction of sp³-hybridized carbons (Fsp3) is 0. The van der Waals surface area contributed by atoms with Crippen molar-refractivity contribution in [2.45, 2.75) is 0 Å². The third-order valence-corrected chi connectivity index (χ3v) is 10.9. The van der Waals surface area contributed by atoms with E-state index in [1.807, 2.05) is 0 Å². The smallest absolute Gasteiger partial charge is 0.264 e. The average Bonchev–Trinajstić information content (AvgIpc) is 3.75. The molecule has 0 radical (unpaired) electrons. The van der Waals surface area contributed by atoms with Crippen molar-refractivity contribution in [1.82, 2.24) is 18.8 Å². The van der Waals surface area contributed by atoms with Gasteiger partial charge >= 0.3 is 0 Å². The highest BCUT2D eigenvalue weighted by Gasteiger charge is 2.33. The third-order valence-electron chi connectivity index (χ3n) is 10.9. The first-order valence-corrected chi connectivity index (χ1v) is 16.5. The molecule has 0 spiro atoms. The Morgan fingerprint density at radius 2 is 0.692 bits per heavy atom. The van der Waals surface area contributed by atoms with Gasteiger partial charge in [0.15, 0.2) is 23.1 Å². The van der Waals surface area contributed by atoms with Crippen LogP contribution >= 0.6 is 0 Å². The van der Waals surface area contributed by atoms with E-state index >= 15 is 0 Å². The van der Waals surface area contributed by atoms with Crippen molar-refractivity contribution in [2.75, 3.05) is 0 Å². The van der Waals surface area contributed by atoms with E-state index in [0.29, 0.717) is 87.9 Å². The summed E-state index contributed by atoms with van der Waals surface area (Å²) in [7, 11) is 0. The molecule has 2 aliphatic rings. The lowest BCUT2D eigenvalue weighted by atomic mass is 9.84. The summed E-state index contributed by atoms with van der Waals surface area (Å²) in [6.07, 6.45) is 0. The fourth-order valence-electron chi connectivity index (χ4n) is 8.58. The van der Waals surface area contributed by atoms with Crippen molar-refractivity contribution in [3.8, 4) is 0 Å². The number of imidazole rings is 2. The first-order valence-electron chi connectivity index (χ1n) is 16.5. The fourth-order valence-corrected chi connectivity index (χ4v) is 8.58. The molecule has 0 fully saturated rings. The van der Waals surface area contributed by atoms with Gasteiger partial charge in [0.1, 0.15) is 11.3 Å². The minimum Gasteiger partial charge on any atom is -0.289 e. The summed E-state index contributed by atoms with van der Waals surface area (Å²) in [4.78, 5) is 92.5. The zero-order chi connectivity index (χ0) is 34.9. The van der Waals surface area contributed by atoms with E-state index in [-0.39, 0.29) is 56.5 Å². The second kappa shape index (κ2) is 8.82. The van der Waals surface area contributed by atoms with Crippen molar-refractivity contribution >= 4 is 88.8 Å². The number of benzene rings is 6. The second-order valence-corrected chi connectivity index (χ2v) is 13.4. The molecule has 10 heteroatoms. The lowest BCUT2D eigenvalue weighted by Gasteiger charge is -2.17. The van der Waals surface area contributed by atoms with E-state index in [4.69, 9.17) is 9.97 Å². The van der Waals surface area contributed by atoms with Crippen LogP contribution in [-0.2, 0) is 0 Å². The minimum atomic E-state index is -0.389. The van der Waals surface area contributed by atoms with Crippen LogP contribution in [0.15, 0.2) is 107 Å². The van der Waals surface area contributed by atoms with E-state index in [1.54, 1.807) is 97.1 Å². The molecule has 6 aromatic carbocycles. The molecule has 52 heavy (non-hydrogen) atoms. The number of aromatic nitrogens is 4. The predicted octanol–water partition coefficient (Wildman–Crippen LogP) is 5.89. The zero-order valence-corrected chi connectivity index (χ0v) is 26.5. The summed E-state index contributed by atoms with van der Waals surface area (Å²) in [5.74, 6) is -1.17. The lowest BCUT2D eigenvalue weighted by molar-refractivity contribution is 0.0979. The van der Waals surface area contributed by atoms with E-state index in [9.17, 15) is 28.8 Å². The topological polar surface area (TPSA) is 137 Å². The van der Waals surface area contributed by atoms with Gasteiger partial charge in [0.05, 0.1) is 22.1 Å². The monoisotopic (exact) mass is 672 g/mol. The molecule has 10 aromatic rings. The molecule has 0 unspecified atom stereocenters. The summed E-state index contributed by atoms with van der Waals surface area (Å²) < 4.78 is 2.92. The van der Waals surface area contributed by atoms with E-state index in [2.05, 4.69) is 0 Å². The number of carbonyl (C=O) groups is 4. The molecule has 0 amide bonds. The maximum atomic E-state index is 14.4. The highest BCUT2D eigenvalue weighted by molar-refractivity contribution is 6.32. The summed E-state index contributed by atoms with van der Waals surface area (Å²) in [6.45, 7) is 0. The Balaban J connectivity index is 1.16. The molecule has 10 nitrogen and oxygen atoms in total. The van der Waals surface area contributed by atoms with Gasteiger partial charge in [0.2, 0.25) is 0 Å². The van der Waals surface area contributed by atoms with Gasteiger partial charge in [-0.3, -0.25) is 37.6 Å². The van der Waals surface area contributed by atoms with E-state index < -0.39 is 0 Å². The summed E-state index contributed by atoms with van der Waals surface area (Å²) in [6, 6.07) is 26.5. The number of fused-ring (bicyclic) bond motifs is 12. The van der Waals surface area contributed by atoms with Crippen molar-refractivity contribution < 1.29 is 19.2 Å². The Morgan fingerprint density at radius 1 is 0.365 bits per heavy atom. The summed E-state index contributed by atoms with van der Waals surface area (Å²) in [5, 5.41) is 2.97. The van der Waals surface area contributed by atoms with Crippen molar-refractivity contribution in [3.63, 3.8) is 0 Å². The molecule has 0 saturated heterocycles. The Labute approximate surface area is 288 Å². The quantitative estimate of drug-likeness (QED) is 0.182. The average molecular weight is 673 g/mol. The van der Waals surface area contributed by atoms with Crippen molar-refractivity contribution in [3.05, 3.63) is 162 Å². The number of rotatable bonds is 0. The van der Waals surface area contributed by atoms with Crippen LogP contribution in [0.4, 0.5) is 0 Å². The van der Waals surface area contributed by atoms with Crippen LogP contribution in [0.1, 0.15) is 63.7 Å². The molecular weight excluding hydrogens is 656 g/mol. The van der Waals surface area contributed by atoms with E-state index in [1.165, 1.54) is 8.80 Å². The van der Waals surface area contributed by atoms with Gasteiger partial charge in [-0.15, -0.1) is 0 Å². The van der Waals surface area contributed by atoms with Gasteiger partial charge in [-0.2, -0.15) is 0 Å². The van der Waals surface area contributed by atoms with Gasteiger partial charge in [-0.1, -0.05) is 48.5 Å². The molecule has 4 aromatic heterocycles. The third kappa shape index (κ3) is 3.00. The zero-order valence-electron chi connectivity index (χ0n) is 26.5. The van der Waals surface area contributed by atoms with E-state index in [0.717, 1.165) is 0 Å². The Hall–Kier alpha value is -7.46. The first-order chi connectivity index (χ1) is 25.3. The summed E-state index contributed by atoms with van der Waals surface area (Å²) >= 11 is 0. The second-order valence-electron chi connectivity index (χ2n) is 13.4. The van der Waals surface area contributed by atoms with Crippen LogP contribution in [0.2, 0.25) is 0 Å².